The summed E-state index contributed by atoms with van der Waals surface area (Å²) in [6.07, 6.45) is 4.43. The zero-order valence-corrected chi connectivity index (χ0v) is 9.80. The lowest BCUT2D eigenvalue weighted by atomic mass is 10.2. The summed E-state index contributed by atoms with van der Waals surface area (Å²) in [5.74, 6) is -0.443. The number of pyridine rings is 1. The molecule has 0 radical (unpaired) electrons. The summed E-state index contributed by atoms with van der Waals surface area (Å²) in [6, 6.07) is 7.07. The van der Waals surface area contributed by atoms with E-state index < -0.39 is 5.97 Å². The van der Waals surface area contributed by atoms with Crippen molar-refractivity contribution in [1.82, 2.24) is 10.3 Å². The third kappa shape index (κ3) is 3.43. The van der Waals surface area contributed by atoms with Crippen LogP contribution in [0.1, 0.15) is 21.9 Å². The first-order valence-corrected chi connectivity index (χ1v) is 5.67. The lowest BCUT2D eigenvalue weighted by Crippen LogP contribution is -2.16. The molecule has 0 atom stereocenters. The monoisotopic (exact) mass is 246 g/mol. The minimum absolute atomic E-state index is 0.0269. The van der Waals surface area contributed by atoms with Crippen LogP contribution in [0.2, 0.25) is 0 Å². The normalized spacial score (nSPS) is 10.4. The number of rotatable bonds is 6. The molecule has 2 aromatic heterocycles. The van der Waals surface area contributed by atoms with E-state index in [1.54, 1.807) is 18.5 Å². The lowest BCUT2D eigenvalue weighted by molar-refractivity contribution is 0.0660. The quantitative estimate of drug-likeness (QED) is 0.759. The van der Waals surface area contributed by atoms with Crippen LogP contribution in [-0.4, -0.2) is 22.6 Å². The molecule has 5 heteroatoms. The lowest BCUT2D eigenvalue weighted by Gasteiger charge is -2.02. The third-order valence-electron chi connectivity index (χ3n) is 2.51. The molecule has 0 fully saturated rings. The highest BCUT2D eigenvalue weighted by Crippen LogP contribution is 2.07. The van der Waals surface area contributed by atoms with E-state index in [9.17, 15) is 4.79 Å². The van der Waals surface area contributed by atoms with Crippen molar-refractivity contribution in [3.63, 3.8) is 0 Å². The van der Waals surface area contributed by atoms with E-state index in [0.29, 0.717) is 12.3 Å². The number of furan rings is 1. The van der Waals surface area contributed by atoms with E-state index in [1.807, 2.05) is 12.1 Å². The van der Waals surface area contributed by atoms with Crippen LogP contribution in [0.25, 0.3) is 0 Å². The molecule has 0 aliphatic carbocycles. The second-order valence-corrected chi connectivity index (χ2v) is 3.85. The maximum Gasteiger partial charge on any atom is 0.371 e. The van der Waals surface area contributed by atoms with Gasteiger partial charge in [-0.05, 0) is 42.8 Å². The molecular weight excluding hydrogens is 232 g/mol. The summed E-state index contributed by atoms with van der Waals surface area (Å²) in [6.45, 7) is 1.32. The molecule has 2 rings (SSSR count). The van der Waals surface area contributed by atoms with Gasteiger partial charge in [-0.1, -0.05) is 0 Å². The highest BCUT2D eigenvalue weighted by molar-refractivity contribution is 5.84. The summed E-state index contributed by atoms with van der Waals surface area (Å²) in [5.41, 5.74) is 1.21. The van der Waals surface area contributed by atoms with Crippen LogP contribution in [0.3, 0.4) is 0 Å². The van der Waals surface area contributed by atoms with Gasteiger partial charge in [-0.15, -0.1) is 0 Å². The maximum absolute atomic E-state index is 10.6. The third-order valence-corrected chi connectivity index (χ3v) is 2.51. The number of aromatic carboxylic acids is 1. The van der Waals surface area contributed by atoms with Crippen molar-refractivity contribution >= 4 is 5.97 Å². The molecule has 0 aliphatic heterocycles. The molecule has 5 nitrogen and oxygen atoms in total. The van der Waals surface area contributed by atoms with Crippen LogP contribution in [0.5, 0.6) is 0 Å². The summed E-state index contributed by atoms with van der Waals surface area (Å²) in [7, 11) is 0. The minimum Gasteiger partial charge on any atom is -0.475 e. The number of hydrogen-bond donors (Lipinski definition) is 2. The molecule has 0 bridgehead atoms. The zero-order valence-electron chi connectivity index (χ0n) is 9.80. The number of nitrogens with one attached hydrogen (secondary N) is 1. The average molecular weight is 246 g/mol. The second kappa shape index (κ2) is 5.97. The Hall–Kier alpha value is -2.14. The molecule has 0 aliphatic rings. The van der Waals surface area contributed by atoms with Crippen molar-refractivity contribution in [2.45, 2.75) is 13.0 Å². The van der Waals surface area contributed by atoms with Gasteiger partial charge in [0.25, 0.3) is 0 Å². The molecule has 94 valence electrons. The van der Waals surface area contributed by atoms with Gasteiger partial charge in [0.05, 0.1) is 6.54 Å². The van der Waals surface area contributed by atoms with Gasteiger partial charge in [0.2, 0.25) is 5.76 Å². The number of aromatic nitrogens is 1. The van der Waals surface area contributed by atoms with Gasteiger partial charge in [0.1, 0.15) is 5.76 Å². The Kier molecular flexibility index (Phi) is 4.09. The molecular formula is C13H14N2O3. The number of carboxylic acids is 1. The van der Waals surface area contributed by atoms with Crippen molar-refractivity contribution in [3.05, 3.63) is 53.7 Å². The summed E-state index contributed by atoms with van der Waals surface area (Å²) in [5, 5.41) is 11.9. The van der Waals surface area contributed by atoms with Crippen LogP contribution >= 0.6 is 0 Å². The van der Waals surface area contributed by atoms with Crippen LogP contribution in [0, 0.1) is 0 Å². The Balaban J connectivity index is 1.73. The number of carboxylic acid groups (broad SMARTS) is 1. The highest BCUT2D eigenvalue weighted by atomic mass is 16.4. The molecule has 0 aromatic carbocycles. The van der Waals surface area contributed by atoms with Crippen molar-refractivity contribution in [1.29, 1.82) is 0 Å². The van der Waals surface area contributed by atoms with E-state index in [0.717, 1.165) is 13.0 Å². The molecule has 0 saturated carbocycles. The molecule has 18 heavy (non-hydrogen) atoms. The molecule has 0 spiro atoms. The van der Waals surface area contributed by atoms with Crippen LogP contribution < -0.4 is 5.32 Å². The second-order valence-electron chi connectivity index (χ2n) is 3.85. The Morgan fingerprint density at radius 2 is 2.06 bits per heavy atom. The maximum atomic E-state index is 10.6. The smallest absolute Gasteiger partial charge is 0.371 e. The minimum atomic E-state index is -1.04. The van der Waals surface area contributed by atoms with Crippen molar-refractivity contribution in [2.75, 3.05) is 6.54 Å². The fourth-order valence-corrected chi connectivity index (χ4v) is 1.58. The molecule has 2 heterocycles. The Labute approximate surface area is 104 Å². The van der Waals surface area contributed by atoms with Crippen LogP contribution in [0.4, 0.5) is 0 Å². The van der Waals surface area contributed by atoms with Crippen molar-refractivity contribution in [3.8, 4) is 0 Å². The predicted octanol–water partition coefficient (Wildman–Crippen LogP) is 1.71. The van der Waals surface area contributed by atoms with Gasteiger partial charge in [0.15, 0.2) is 0 Å². The molecule has 2 N–H and O–H groups in total. The Morgan fingerprint density at radius 3 is 2.72 bits per heavy atom. The standard InChI is InChI=1S/C13H14N2O3/c16-13(17)12-2-1-11(18-12)9-15-8-5-10-3-6-14-7-4-10/h1-4,6-7,15H,5,8-9H2,(H,16,17). The van der Waals surface area contributed by atoms with E-state index in [2.05, 4.69) is 10.3 Å². The molecule has 0 amide bonds. The number of hydrogen-bond acceptors (Lipinski definition) is 4. The topological polar surface area (TPSA) is 75.4 Å². The van der Waals surface area contributed by atoms with Crippen LogP contribution in [-0.2, 0) is 13.0 Å². The van der Waals surface area contributed by atoms with E-state index in [1.165, 1.54) is 11.6 Å². The van der Waals surface area contributed by atoms with Gasteiger partial charge in [-0.25, -0.2) is 4.79 Å². The molecule has 2 aromatic rings. The van der Waals surface area contributed by atoms with Crippen molar-refractivity contribution in [2.24, 2.45) is 0 Å². The molecule has 0 unspecified atom stereocenters. The van der Waals surface area contributed by atoms with Gasteiger partial charge in [-0.3, -0.25) is 4.98 Å². The summed E-state index contributed by atoms with van der Waals surface area (Å²) >= 11 is 0. The SMILES string of the molecule is O=C(O)c1ccc(CNCCc2ccncc2)o1. The van der Waals surface area contributed by atoms with E-state index >= 15 is 0 Å². The van der Waals surface area contributed by atoms with Gasteiger partial charge < -0.3 is 14.8 Å². The predicted molar refractivity (Wildman–Crippen MR) is 65.3 cm³/mol. The van der Waals surface area contributed by atoms with Gasteiger partial charge in [-0.2, -0.15) is 0 Å². The summed E-state index contributed by atoms with van der Waals surface area (Å²) < 4.78 is 5.13. The number of carbonyl (C=O) groups is 1. The summed E-state index contributed by atoms with van der Waals surface area (Å²) in [4.78, 5) is 14.6. The average Bonchev–Trinajstić information content (AvgIpc) is 2.85. The van der Waals surface area contributed by atoms with Gasteiger partial charge in [0, 0.05) is 12.4 Å². The van der Waals surface area contributed by atoms with Crippen LogP contribution in [0.15, 0.2) is 41.1 Å². The Morgan fingerprint density at radius 1 is 1.28 bits per heavy atom. The fourth-order valence-electron chi connectivity index (χ4n) is 1.58. The first-order chi connectivity index (χ1) is 8.75. The molecule has 0 saturated heterocycles. The van der Waals surface area contributed by atoms with E-state index in [4.69, 9.17) is 9.52 Å². The Bertz CT molecular complexity index is 508. The van der Waals surface area contributed by atoms with Gasteiger partial charge >= 0.3 is 5.97 Å². The number of nitrogens with zero attached hydrogens (tertiary/aromatic N) is 1. The fraction of sp³-hybridized carbons (Fsp3) is 0.231. The van der Waals surface area contributed by atoms with E-state index in [-0.39, 0.29) is 5.76 Å². The first kappa shape index (κ1) is 12.3. The highest BCUT2D eigenvalue weighted by Gasteiger charge is 2.07. The largest absolute Gasteiger partial charge is 0.475 e. The zero-order chi connectivity index (χ0) is 12.8. The first-order valence-electron chi connectivity index (χ1n) is 5.67. The van der Waals surface area contributed by atoms with Crippen molar-refractivity contribution < 1.29 is 14.3 Å².